The van der Waals surface area contributed by atoms with E-state index < -0.39 is 0 Å². The van der Waals surface area contributed by atoms with Crippen LogP contribution < -0.4 is 0 Å². The van der Waals surface area contributed by atoms with Crippen molar-refractivity contribution in [2.75, 3.05) is 0 Å². The van der Waals surface area contributed by atoms with E-state index >= 15 is 0 Å². The molecule has 4 aromatic rings. The van der Waals surface area contributed by atoms with E-state index in [1.54, 1.807) is 0 Å². The molecule has 0 aromatic heterocycles. The Kier molecular flexibility index (Phi) is 10.5. The molecule has 0 radical (unpaired) electrons. The van der Waals surface area contributed by atoms with Crippen molar-refractivity contribution in [3.63, 3.8) is 0 Å². The first kappa shape index (κ1) is 25.9. The van der Waals surface area contributed by atoms with Gasteiger partial charge in [0.25, 0.3) is 0 Å². The Morgan fingerprint density at radius 1 is 0.593 bits per heavy atom. The summed E-state index contributed by atoms with van der Waals surface area (Å²) in [7, 11) is 0. The second-order valence-corrected chi connectivity index (χ2v) is 6.19. The van der Waals surface area contributed by atoms with Crippen molar-refractivity contribution in [2.45, 2.75) is 12.3 Å². The summed E-state index contributed by atoms with van der Waals surface area (Å²) in [5.41, 5.74) is 3.85. The van der Waals surface area contributed by atoms with E-state index in [0.29, 0.717) is 0 Å². The Bertz CT molecular complexity index is 894. The molecule has 0 unspecified atom stereocenters. The zero-order valence-corrected chi connectivity index (χ0v) is 19.0. The average Bonchev–Trinajstić information content (AvgIpc) is 3.07. The van der Waals surface area contributed by atoms with Crippen LogP contribution in [0, 0.1) is 0 Å². The van der Waals surface area contributed by atoms with E-state index in [9.17, 15) is 0 Å². The van der Waals surface area contributed by atoms with Gasteiger partial charge in [0, 0.05) is 27.1 Å². The molecule has 27 heavy (non-hydrogen) atoms. The maximum absolute atomic E-state index is 2.33. The number of halogens is 3. The molecule has 140 valence electrons. The summed E-state index contributed by atoms with van der Waals surface area (Å²) < 4.78 is 0. The summed E-state index contributed by atoms with van der Waals surface area (Å²) in [6.07, 6.45) is 0. The molecule has 4 rings (SSSR count). The molecular formula is C23H22Cl3Ti-. The zero-order chi connectivity index (χ0) is 15.7. The van der Waals surface area contributed by atoms with Gasteiger partial charge in [0.05, 0.1) is 0 Å². The van der Waals surface area contributed by atoms with Gasteiger partial charge in [-0.1, -0.05) is 73.7 Å². The minimum absolute atomic E-state index is 0. The van der Waals surface area contributed by atoms with Crippen molar-refractivity contribution in [3.05, 3.63) is 114 Å². The Morgan fingerprint density at radius 3 is 1.56 bits per heavy atom. The first-order valence-corrected chi connectivity index (χ1v) is 8.06. The second-order valence-electron chi connectivity index (χ2n) is 6.19. The number of benzene rings is 3. The fraction of sp³-hybridized carbons (Fsp3) is 0.0870. The summed E-state index contributed by atoms with van der Waals surface area (Å²) >= 11 is 0. The van der Waals surface area contributed by atoms with Gasteiger partial charge in [0.2, 0.25) is 0 Å². The molecule has 0 fully saturated rings. The molecule has 0 aliphatic heterocycles. The van der Waals surface area contributed by atoms with Gasteiger partial charge in [0.1, 0.15) is 0 Å². The third kappa shape index (κ3) is 4.65. The summed E-state index contributed by atoms with van der Waals surface area (Å²) in [4.78, 5) is 0. The fourth-order valence-electron chi connectivity index (χ4n) is 3.61. The molecule has 0 atom stereocenters. The Hall–Kier alpha value is -1.15. The molecule has 0 saturated heterocycles. The van der Waals surface area contributed by atoms with Gasteiger partial charge in [-0.15, -0.1) is 77.8 Å². The second kappa shape index (κ2) is 11.0. The van der Waals surface area contributed by atoms with Crippen LogP contribution in [0.5, 0.6) is 0 Å². The predicted octanol–water partition coefficient (Wildman–Crippen LogP) is 7.18. The Balaban J connectivity index is 0.00000169. The Labute approximate surface area is 194 Å². The number of rotatable bonds is 3. The van der Waals surface area contributed by atoms with Crippen molar-refractivity contribution in [1.29, 1.82) is 0 Å². The maximum atomic E-state index is 2.33. The van der Waals surface area contributed by atoms with E-state index in [-0.39, 0.29) is 64.4 Å². The van der Waals surface area contributed by atoms with Crippen molar-refractivity contribution >= 4 is 48.0 Å². The SMILES string of the molecule is CC(c1ccccc1)(c1ccccc1)[c-]1ccc2ccccc21.Cl.Cl.Cl.[Ti]. The predicted molar refractivity (Wildman–Crippen MR) is 120 cm³/mol. The largest absolute Gasteiger partial charge is 0.168 e. The van der Waals surface area contributed by atoms with Crippen LogP contribution in [0.15, 0.2) is 97.1 Å². The normalized spacial score (nSPS) is 9.96. The van der Waals surface area contributed by atoms with Gasteiger partial charge >= 0.3 is 0 Å². The van der Waals surface area contributed by atoms with Crippen LogP contribution in [0.2, 0.25) is 0 Å². The smallest absolute Gasteiger partial charge is 0.00867 e. The monoisotopic (exact) mass is 451 g/mol. The molecule has 0 heterocycles. The van der Waals surface area contributed by atoms with Gasteiger partial charge in [-0.3, -0.25) is 0 Å². The van der Waals surface area contributed by atoms with Crippen LogP contribution in [-0.4, -0.2) is 0 Å². The number of fused-ring (bicyclic) bond motifs is 1. The third-order valence-corrected chi connectivity index (χ3v) is 4.92. The van der Waals surface area contributed by atoms with E-state index in [4.69, 9.17) is 0 Å². The van der Waals surface area contributed by atoms with Crippen LogP contribution >= 0.6 is 37.2 Å². The van der Waals surface area contributed by atoms with E-state index in [2.05, 4.69) is 104 Å². The quantitative estimate of drug-likeness (QED) is 0.228. The molecule has 0 N–H and O–H groups in total. The van der Waals surface area contributed by atoms with Gasteiger partial charge in [-0.2, -0.15) is 6.07 Å². The van der Waals surface area contributed by atoms with Crippen molar-refractivity contribution < 1.29 is 21.7 Å². The van der Waals surface area contributed by atoms with Crippen LogP contribution in [0.1, 0.15) is 23.6 Å². The van der Waals surface area contributed by atoms with Gasteiger partial charge in [0.15, 0.2) is 0 Å². The fourth-order valence-corrected chi connectivity index (χ4v) is 3.61. The van der Waals surface area contributed by atoms with Crippen LogP contribution in [-0.2, 0) is 27.1 Å². The molecule has 4 aromatic carbocycles. The number of hydrogen-bond acceptors (Lipinski definition) is 0. The minimum Gasteiger partial charge on any atom is -0.168 e. The van der Waals surface area contributed by atoms with Crippen molar-refractivity contribution in [3.8, 4) is 0 Å². The van der Waals surface area contributed by atoms with Gasteiger partial charge < -0.3 is 0 Å². The molecule has 0 bridgehead atoms. The van der Waals surface area contributed by atoms with Crippen LogP contribution in [0.4, 0.5) is 0 Å². The van der Waals surface area contributed by atoms with E-state index in [1.807, 2.05) is 0 Å². The molecule has 0 aliphatic carbocycles. The molecule has 0 saturated carbocycles. The molecule has 0 nitrogen and oxygen atoms in total. The maximum Gasteiger partial charge on any atom is 0.00867 e. The zero-order valence-electron chi connectivity index (χ0n) is 15.0. The first-order chi connectivity index (χ1) is 11.3. The molecule has 4 heteroatoms. The molecular weight excluding hydrogens is 430 g/mol. The number of hydrogen-bond donors (Lipinski definition) is 0. The van der Waals surface area contributed by atoms with Gasteiger partial charge in [-0.25, -0.2) is 0 Å². The molecule has 0 amide bonds. The minimum atomic E-state index is -0.161. The topological polar surface area (TPSA) is 0 Å². The third-order valence-electron chi connectivity index (χ3n) is 4.92. The van der Waals surface area contributed by atoms with Crippen LogP contribution in [0.25, 0.3) is 10.8 Å². The molecule has 0 spiro atoms. The summed E-state index contributed by atoms with van der Waals surface area (Å²) in [5.74, 6) is 0. The average molecular weight is 453 g/mol. The summed E-state index contributed by atoms with van der Waals surface area (Å²) in [5, 5.41) is 2.64. The van der Waals surface area contributed by atoms with Crippen molar-refractivity contribution in [2.24, 2.45) is 0 Å². The summed E-state index contributed by atoms with van der Waals surface area (Å²) in [6.45, 7) is 2.33. The molecule has 0 aliphatic rings. The first-order valence-electron chi connectivity index (χ1n) is 8.06. The standard InChI is InChI=1S/C23H19.3ClH.Ti/c1-23(19-11-4-2-5-12-19,20-13-6-3-7-14-20)22-17-16-18-10-8-9-15-21(18)22;;;;/h2-17H,1H3;3*1H;/q-1;;;;. The van der Waals surface area contributed by atoms with E-state index in [1.165, 1.54) is 27.5 Å². The van der Waals surface area contributed by atoms with Crippen molar-refractivity contribution in [1.82, 2.24) is 0 Å². The van der Waals surface area contributed by atoms with Gasteiger partial charge in [-0.05, 0) is 11.1 Å². The van der Waals surface area contributed by atoms with Crippen LogP contribution in [0.3, 0.4) is 0 Å². The summed E-state index contributed by atoms with van der Waals surface area (Å²) in [6, 6.07) is 34.8. The van der Waals surface area contributed by atoms with E-state index in [0.717, 1.165) is 0 Å². The Morgan fingerprint density at radius 2 is 1.04 bits per heavy atom.